The largest absolute Gasteiger partial charge is 0.461 e. The van der Waals surface area contributed by atoms with Gasteiger partial charge in [0, 0.05) is 24.3 Å². The van der Waals surface area contributed by atoms with E-state index in [-0.39, 0.29) is 6.61 Å². The number of rotatable bonds is 9. The number of aryl methyl sites for hydroxylation is 3. The number of nitrogens with zero attached hydrogens (tertiary/aromatic N) is 6. The van der Waals surface area contributed by atoms with Gasteiger partial charge in [-0.15, -0.1) is 5.10 Å². The lowest BCUT2D eigenvalue weighted by atomic mass is 10.0. The number of anilines is 2. The number of carbonyl (C=O) groups excluding carboxylic acids is 1. The Bertz CT molecular complexity index is 1410. The van der Waals surface area contributed by atoms with Crippen molar-refractivity contribution in [3.05, 3.63) is 82.2 Å². The van der Waals surface area contributed by atoms with Gasteiger partial charge in [0.1, 0.15) is 11.5 Å². The summed E-state index contributed by atoms with van der Waals surface area (Å²) in [6.45, 7) is 6.70. The summed E-state index contributed by atoms with van der Waals surface area (Å²) in [5, 5.41) is 24.9. The molecular weight excluding hydrogens is 482 g/mol. The van der Waals surface area contributed by atoms with Gasteiger partial charge in [-0.25, -0.2) is 14.9 Å². The third-order valence-electron chi connectivity index (χ3n) is 6.83. The van der Waals surface area contributed by atoms with E-state index in [2.05, 4.69) is 79.9 Å². The minimum absolute atomic E-state index is 0.252. The molecule has 5 rings (SSSR count). The highest BCUT2D eigenvalue weighted by atomic mass is 16.5. The third kappa shape index (κ3) is 5.04. The maximum atomic E-state index is 13.0. The van der Waals surface area contributed by atoms with E-state index in [4.69, 9.17) is 4.74 Å². The molecule has 0 amide bonds. The summed E-state index contributed by atoms with van der Waals surface area (Å²) in [6, 6.07) is 14.8. The highest BCUT2D eigenvalue weighted by molar-refractivity contribution is 5.89. The first-order valence-electron chi connectivity index (χ1n) is 13.1. The first kappa shape index (κ1) is 25.6. The van der Waals surface area contributed by atoms with E-state index in [1.165, 1.54) is 11.1 Å². The molecule has 0 aliphatic carbocycles. The molecule has 3 heterocycles. The van der Waals surface area contributed by atoms with Gasteiger partial charge in [0.2, 0.25) is 0 Å². The SMILES string of the molecule is CCCc1nc(C(C)O)c(C(=O)OCC)n1Cc1ccc2c(c1)CCc1ccccc1N2Cc1nnn[nH]1. The topological polar surface area (TPSA) is 122 Å². The fourth-order valence-corrected chi connectivity index (χ4v) is 5.14. The molecule has 4 aromatic rings. The molecule has 2 aromatic heterocycles. The number of aliphatic hydroxyl groups is 1. The van der Waals surface area contributed by atoms with Gasteiger partial charge < -0.3 is 19.3 Å². The number of nitrogens with one attached hydrogen (secondary N) is 1. The Hall–Kier alpha value is -4.05. The molecule has 198 valence electrons. The Balaban J connectivity index is 1.55. The molecular formula is C28H33N7O3. The third-order valence-corrected chi connectivity index (χ3v) is 6.83. The Morgan fingerprint density at radius 3 is 2.63 bits per heavy atom. The molecule has 0 fully saturated rings. The molecule has 1 unspecified atom stereocenters. The zero-order valence-corrected chi connectivity index (χ0v) is 22.0. The number of para-hydroxylation sites is 1. The van der Waals surface area contributed by atoms with E-state index in [9.17, 15) is 9.90 Å². The molecule has 10 heteroatoms. The zero-order chi connectivity index (χ0) is 26.6. The van der Waals surface area contributed by atoms with Crippen LogP contribution in [0.3, 0.4) is 0 Å². The van der Waals surface area contributed by atoms with Gasteiger partial charge in [-0.2, -0.15) is 0 Å². The van der Waals surface area contributed by atoms with Gasteiger partial charge in [0.05, 0.1) is 19.3 Å². The zero-order valence-electron chi connectivity index (χ0n) is 22.0. The number of ether oxygens (including phenoxy) is 1. The maximum absolute atomic E-state index is 13.0. The van der Waals surface area contributed by atoms with Crippen LogP contribution >= 0.6 is 0 Å². The van der Waals surface area contributed by atoms with Gasteiger partial charge in [0.15, 0.2) is 11.5 Å². The minimum atomic E-state index is -0.879. The van der Waals surface area contributed by atoms with Crippen LogP contribution in [0.1, 0.15) is 77.8 Å². The first-order chi connectivity index (χ1) is 18.5. The molecule has 1 aliphatic heterocycles. The van der Waals surface area contributed by atoms with Crippen molar-refractivity contribution in [2.45, 2.75) is 65.6 Å². The summed E-state index contributed by atoms with van der Waals surface area (Å²) < 4.78 is 7.27. The average molecular weight is 516 g/mol. The standard InChI is InChI=1S/C28H33N7O3/c1-4-8-25-29-26(18(3)36)27(28(37)38-5-2)35(25)16-19-11-14-23-21(15-19)13-12-20-9-6-7-10-22(20)34(23)17-24-30-32-33-31-24/h6-7,9-11,14-15,18,36H,4-5,8,12-13,16-17H2,1-3H3,(H,30,31,32,33). The number of tetrazole rings is 1. The van der Waals surface area contributed by atoms with Gasteiger partial charge in [0.25, 0.3) is 0 Å². The van der Waals surface area contributed by atoms with Crippen LogP contribution in [0.15, 0.2) is 42.5 Å². The van der Waals surface area contributed by atoms with Gasteiger partial charge in [-0.3, -0.25) is 0 Å². The molecule has 1 atom stereocenters. The summed E-state index contributed by atoms with van der Waals surface area (Å²) in [4.78, 5) is 19.9. The summed E-state index contributed by atoms with van der Waals surface area (Å²) in [7, 11) is 0. The number of aromatic amines is 1. The number of aromatic nitrogens is 6. The number of fused-ring (bicyclic) bond motifs is 2. The van der Waals surface area contributed by atoms with Crippen LogP contribution in [-0.2, 0) is 37.1 Å². The van der Waals surface area contributed by atoms with Crippen molar-refractivity contribution < 1.29 is 14.6 Å². The average Bonchev–Trinajstić information content (AvgIpc) is 3.52. The highest BCUT2D eigenvalue weighted by Gasteiger charge is 2.27. The number of imidazole rings is 1. The number of H-pyrrole nitrogens is 1. The van der Waals surface area contributed by atoms with Gasteiger partial charge in [-0.05, 0) is 72.4 Å². The molecule has 2 N–H and O–H groups in total. The van der Waals surface area contributed by atoms with Crippen molar-refractivity contribution in [1.82, 2.24) is 30.2 Å². The number of hydrogen-bond acceptors (Lipinski definition) is 8. The minimum Gasteiger partial charge on any atom is -0.461 e. The summed E-state index contributed by atoms with van der Waals surface area (Å²) in [5.41, 5.74) is 6.45. The monoisotopic (exact) mass is 515 g/mol. The Kier molecular flexibility index (Phi) is 7.50. The summed E-state index contributed by atoms with van der Waals surface area (Å²) >= 11 is 0. The van der Waals surface area contributed by atoms with Crippen LogP contribution < -0.4 is 4.90 Å². The second kappa shape index (κ2) is 11.1. The number of carbonyl (C=O) groups is 1. The lowest BCUT2D eigenvalue weighted by molar-refractivity contribution is 0.0506. The number of esters is 1. The first-order valence-corrected chi connectivity index (χ1v) is 13.1. The van der Waals surface area contributed by atoms with E-state index in [1.54, 1.807) is 13.8 Å². The fraction of sp³-hybridized carbons (Fsp3) is 0.393. The van der Waals surface area contributed by atoms with Crippen molar-refractivity contribution >= 4 is 17.3 Å². The molecule has 0 bridgehead atoms. The highest BCUT2D eigenvalue weighted by Crippen LogP contribution is 2.37. The number of benzene rings is 2. The smallest absolute Gasteiger partial charge is 0.357 e. The van der Waals surface area contributed by atoms with E-state index in [0.29, 0.717) is 36.7 Å². The normalized spacial score (nSPS) is 13.5. The lowest BCUT2D eigenvalue weighted by Crippen LogP contribution is -2.19. The molecule has 10 nitrogen and oxygen atoms in total. The molecule has 1 aliphatic rings. The molecule has 2 aromatic carbocycles. The van der Waals surface area contributed by atoms with E-state index in [0.717, 1.165) is 42.0 Å². The van der Waals surface area contributed by atoms with Crippen LogP contribution in [0.5, 0.6) is 0 Å². The fourth-order valence-electron chi connectivity index (χ4n) is 5.14. The number of hydrogen-bond donors (Lipinski definition) is 2. The number of aliphatic hydroxyl groups excluding tert-OH is 1. The Morgan fingerprint density at radius 1 is 1.11 bits per heavy atom. The van der Waals surface area contributed by atoms with Crippen molar-refractivity contribution in [2.24, 2.45) is 0 Å². The summed E-state index contributed by atoms with van der Waals surface area (Å²) in [5.74, 6) is 0.993. The van der Waals surface area contributed by atoms with E-state index < -0.39 is 12.1 Å². The van der Waals surface area contributed by atoms with Crippen molar-refractivity contribution in [3.8, 4) is 0 Å². The molecule has 0 spiro atoms. The van der Waals surface area contributed by atoms with Crippen LogP contribution in [0.4, 0.5) is 11.4 Å². The predicted molar refractivity (Wildman–Crippen MR) is 142 cm³/mol. The predicted octanol–water partition coefficient (Wildman–Crippen LogP) is 4.06. The van der Waals surface area contributed by atoms with Crippen molar-refractivity contribution in [1.29, 1.82) is 0 Å². The van der Waals surface area contributed by atoms with E-state index in [1.807, 2.05) is 4.57 Å². The van der Waals surface area contributed by atoms with Crippen molar-refractivity contribution in [3.63, 3.8) is 0 Å². The molecule has 0 saturated carbocycles. The lowest BCUT2D eigenvalue weighted by Gasteiger charge is -2.26. The van der Waals surface area contributed by atoms with Crippen LogP contribution in [0, 0.1) is 0 Å². The quantitative estimate of drug-likeness (QED) is 0.320. The van der Waals surface area contributed by atoms with Crippen LogP contribution in [0.2, 0.25) is 0 Å². The Morgan fingerprint density at radius 2 is 1.89 bits per heavy atom. The Labute approximate surface area is 221 Å². The van der Waals surface area contributed by atoms with Crippen molar-refractivity contribution in [2.75, 3.05) is 11.5 Å². The van der Waals surface area contributed by atoms with Gasteiger partial charge in [-0.1, -0.05) is 37.3 Å². The second-order valence-electron chi connectivity index (χ2n) is 9.52. The van der Waals surface area contributed by atoms with E-state index >= 15 is 0 Å². The summed E-state index contributed by atoms with van der Waals surface area (Å²) in [6.07, 6.45) is 2.46. The molecule has 0 radical (unpaired) electrons. The maximum Gasteiger partial charge on any atom is 0.357 e. The molecule has 38 heavy (non-hydrogen) atoms. The van der Waals surface area contributed by atoms with Gasteiger partial charge >= 0.3 is 5.97 Å². The van der Waals surface area contributed by atoms with Crippen LogP contribution in [0.25, 0.3) is 0 Å². The molecule has 0 saturated heterocycles. The second-order valence-corrected chi connectivity index (χ2v) is 9.52. The van der Waals surface area contributed by atoms with Crippen LogP contribution in [-0.4, -0.2) is 47.9 Å².